The van der Waals surface area contributed by atoms with Gasteiger partial charge in [-0.25, -0.2) is 0 Å². The molecule has 3 atom stereocenters. The molecule has 3 unspecified atom stereocenters. The van der Waals surface area contributed by atoms with Crippen molar-refractivity contribution in [2.24, 2.45) is 0 Å². The highest BCUT2D eigenvalue weighted by atomic mass is 35.5. The van der Waals surface area contributed by atoms with Crippen molar-refractivity contribution in [3.05, 3.63) is 29.8 Å². The minimum Gasteiger partial charge on any atom is -0.488 e. The lowest BCUT2D eigenvalue weighted by Gasteiger charge is -2.40. The number of alkyl halides is 1. The number of hydrogen-bond donors (Lipinski definition) is 0. The van der Waals surface area contributed by atoms with E-state index in [1.165, 1.54) is 5.56 Å². The standard InChI is InChI=1S/C14H19ClO2/c1-3-10-6-5-7-11(8-10)17-13-9-12(15)14(13)16-4-2/h5-8,12-14H,3-4,9H2,1-2H3. The van der Waals surface area contributed by atoms with Crippen molar-refractivity contribution in [1.82, 2.24) is 0 Å². The van der Waals surface area contributed by atoms with Gasteiger partial charge in [0.15, 0.2) is 0 Å². The summed E-state index contributed by atoms with van der Waals surface area (Å²) in [5.41, 5.74) is 1.29. The second-order valence-electron chi connectivity index (χ2n) is 4.33. The Labute approximate surface area is 108 Å². The van der Waals surface area contributed by atoms with Gasteiger partial charge in [0.05, 0.1) is 5.38 Å². The van der Waals surface area contributed by atoms with Crippen LogP contribution in [0, 0.1) is 0 Å². The highest BCUT2D eigenvalue weighted by Gasteiger charge is 2.42. The van der Waals surface area contributed by atoms with Crippen molar-refractivity contribution in [3.63, 3.8) is 0 Å². The van der Waals surface area contributed by atoms with E-state index in [2.05, 4.69) is 19.1 Å². The second kappa shape index (κ2) is 5.74. The Hall–Kier alpha value is -0.730. The van der Waals surface area contributed by atoms with Gasteiger partial charge in [-0.3, -0.25) is 0 Å². The van der Waals surface area contributed by atoms with Crippen molar-refractivity contribution in [2.45, 2.75) is 44.3 Å². The summed E-state index contributed by atoms with van der Waals surface area (Å²) < 4.78 is 11.5. The fourth-order valence-corrected chi connectivity index (χ4v) is 2.47. The summed E-state index contributed by atoms with van der Waals surface area (Å²) >= 11 is 6.11. The van der Waals surface area contributed by atoms with E-state index in [0.717, 1.165) is 18.6 Å². The Morgan fingerprint density at radius 3 is 2.82 bits per heavy atom. The van der Waals surface area contributed by atoms with Crippen LogP contribution in [-0.2, 0) is 11.2 Å². The van der Waals surface area contributed by atoms with Crippen LogP contribution in [0.1, 0.15) is 25.8 Å². The lowest BCUT2D eigenvalue weighted by molar-refractivity contribution is -0.0759. The van der Waals surface area contributed by atoms with Crippen molar-refractivity contribution < 1.29 is 9.47 Å². The summed E-state index contributed by atoms with van der Waals surface area (Å²) in [6.07, 6.45) is 2.02. The SMILES string of the molecule is CCOC1C(Cl)CC1Oc1cccc(CC)c1. The monoisotopic (exact) mass is 254 g/mol. The zero-order valence-corrected chi connectivity index (χ0v) is 11.1. The van der Waals surface area contributed by atoms with Gasteiger partial charge in [0.25, 0.3) is 0 Å². The Morgan fingerprint density at radius 1 is 1.35 bits per heavy atom. The van der Waals surface area contributed by atoms with Gasteiger partial charge in [0.2, 0.25) is 0 Å². The van der Waals surface area contributed by atoms with Crippen LogP contribution < -0.4 is 4.74 Å². The normalized spacial score (nSPS) is 27.6. The Balaban J connectivity index is 1.96. The molecule has 1 aliphatic rings. The molecule has 0 radical (unpaired) electrons. The van der Waals surface area contributed by atoms with Gasteiger partial charge in [-0.1, -0.05) is 19.1 Å². The zero-order chi connectivity index (χ0) is 12.3. The smallest absolute Gasteiger partial charge is 0.128 e. The first-order chi connectivity index (χ1) is 8.24. The molecule has 0 spiro atoms. The molecule has 2 rings (SSSR count). The molecule has 1 aromatic carbocycles. The third kappa shape index (κ3) is 2.93. The first kappa shape index (κ1) is 12.7. The summed E-state index contributed by atoms with van der Waals surface area (Å²) in [6, 6.07) is 8.22. The molecular weight excluding hydrogens is 236 g/mol. The quantitative estimate of drug-likeness (QED) is 0.750. The molecule has 0 heterocycles. The van der Waals surface area contributed by atoms with Crippen LogP contribution in [-0.4, -0.2) is 24.2 Å². The molecule has 1 aromatic rings. The number of rotatable bonds is 5. The average molecular weight is 255 g/mol. The number of hydrogen-bond acceptors (Lipinski definition) is 2. The molecule has 1 fully saturated rings. The van der Waals surface area contributed by atoms with Gasteiger partial charge < -0.3 is 9.47 Å². The number of aryl methyl sites for hydroxylation is 1. The van der Waals surface area contributed by atoms with E-state index >= 15 is 0 Å². The second-order valence-corrected chi connectivity index (χ2v) is 4.89. The molecule has 0 aliphatic heterocycles. The predicted octanol–water partition coefficient (Wildman–Crippen LogP) is 3.41. The van der Waals surface area contributed by atoms with Crippen LogP contribution in [0.5, 0.6) is 5.75 Å². The molecule has 2 nitrogen and oxygen atoms in total. The van der Waals surface area contributed by atoms with E-state index in [-0.39, 0.29) is 17.6 Å². The molecule has 94 valence electrons. The maximum absolute atomic E-state index is 6.11. The van der Waals surface area contributed by atoms with Crippen molar-refractivity contribution in [3.8, 4) is 5.75 Å². The van der Waals surface area contributed by atoms with Crippen LogP contribution in [0.2, 0.25) is 0 Å². The molecule has 3 heteroatoms. The maximum Gasteiger partial charge on any atom is 0.128 e. The fourth-order valence-electron chi connectivity index (χ4n) is 2.06. The van der Waals surface area contributed by atoms with Crippen LogP contribution in [0.4, 0.5) is 0 Å². The van der Waals surface area contributed by atoms with Gasteiger partial charge in [-0.2, -0.15) is 0 Å². The number of ether oxygens (including phenoxy) is 2. The van der Waals surface area contributed by atoms with E-state index in [1.807, 2.05) is 19.1 Å². The van der Waals surface area contributed by atoms with Crippen LogP contribution in [0.15, 0.2) is 24.3 Å². The van der Waals surface area contributed by atoms with Crippen LogP contribution in [0.25, 0.3) is 0 Å². The van der Waals surface area contributed by atoms with Gasteiger partial charge >= 0.3 is 0 Å². The summed E-state index contributed by atoms with van der Waals surface area (Å²) in [5, 5.41) is 0.0920. The predicted molar refractivity (Wildman–Crippen MR) is 69.9 cm³/mol. The third-order valence-electron chi connectivity index (χ3n) is 3.13. The first-order valence-electron chi connectivity index (χ1n) is 6.25. The molecule has 0 amide bonds. The molecule has 0 bridgehead atoms. The summed E-state index contributed by atoms with van der Waals surface area (Å²) in [5.74, 6) is 0.919. The number of halogens is 1. The molecule has 17 heavy (non-hydrogen) atoms. The lowest BCUT2D eigenvalue weighted by Crippen LogP contribution is -2.52. The molecule has 0 N–H and O–H groups in total. The molecular formula is C14H19ClO2. The number of benzene rings is 1. The highest BCUT2D eigenvalue weighted by Crippen LogP contribution is 2.33. The van der Waals surface area contributed by atoms with Crippen LogP contribution in [0.3, 0.4) is 0 Å². The lowest BCUT2D eigenvalue weighted by atomic mass is 9.91. The summed E-state index contributed by atoms with van der Waals surface area (Å²) in [7, 11) is 0. The fraction of sp³-hybridized carbons (Fsp3) is 0.571. The summed E-state index contributed by atoms with van der Waals surface area (Å²) in [4.78, 5) is 0. The molecule has 0 aromatic heterocycles. The highest BCUT2D eigenvalue weighted by molar-refractivity contribution is 6.21. The molecule has 1 aliphatic carbocycles. The van der Waals surface area contributed by atoms with E-state index in [9.17, 15) is 0 Å². The van der Waals surface area contributed by atoms with E-state index in [0.29, 0.717) is 6.61 Å². The molecule has 1 saturated carbocycles. The van der Waals surface area contributed by atoms with Gasteiger partial charge in [-0.15, -0.1) is 11.6 Å². The van der Waals surface area contributed by atoms with Gasteiger partial charge in [0, 0.05) is 13.0 Å². The summed E-state index contributed by atoms with van der Waals surface area (Å²) in [6.45, 7) is 4.81. The zero-order valence-electron chi connectivity index (χ0n) is 10.4. The Morgan fingerprint density at radius 2 is 2.18 bits per heavy atom. The van der Waals surface area contributed by atoms with E-state index < -0.39 is 0 Å². The van der Waals surface area contributed by atoms with Gasteiger partial charge in [0.1, 0.15) is 18.0 Å². The van der Waals surface area contributed by atoms with Crippen molar-refractivity contribution in [1.29, 1.82) is 0 Å². The van der Waals surface area contributed by atoms with Crippen LogP contribution >= 0.6 is 11.6 Å². The van der Waals surface area contributed by atoms with E-state index in [4.69, 9.17) is 21.1 Å². The minimum atomic E-state index is 0.0342. The third-order valence-corrected chi connectivity index (χ3v) is 3.56. The van der Waals surface area contributed by atoms with E-state index in [1.54, 1.807) is 0 Å². The topological polar surface area (TPSA) is 18.5 Å². The molecule has 0 saturated heterocycles. The average Bonchev–Trinajstić information content (AvgIpc) is 2.36. The Bertz CT molecular complexity index is 367. The first-order valence-corrected chi connectivity index (χ1v) is 6.69. The van der Waals surface area contributed by atoms with Gasteiger partial charge in [-0.05, 0) is 31.0 Å². The van der Waals surface area contributed by atoms with Crippen molar-refractivity contribution >= 4 is 11.6 Å². The minimum absolute atomic E-state index is 0.0342. The maximum atomic E-state index is 6.11. The Kier molecular flexibility index (Phi) is 4.30. The van der Waals surface area contributed by atoms with Crippen molar-refractivity contribution in [2.75, 3.05) is 6.61 Å². The largest absolute Gasteiger partial charge is 0.488 e.